The maximum atomic E-state index is 11.9. The molecule has 1 atom stereocenters. The Morgan fingerprint density at radius 3 is 2.61 bits per heavy atom. The average Bonchev–Trinajstić information content (AvgIpc) is 2.27. The van der Waals surface area contributed by atoms with Gasteiger partial charge in [0.2, 0.25) is 5.91 Å². The van der Waals surface area contributed by atoms with Gasteiger partial charge in [-0.2, -0.15) is 0 Å². The number of rotatable bonds is 4. The molecule has 1 aliphatic rings. The standard InChI is InChI=1S/C10H18NO5PS/c1-8(12)18-7-5-9(13)11-6-3-2-4-10(11)17(14,15)16/h10H,2-7H2,1H3,(H2,14,15,16). The van der Waals surface area contributed by atoms with E-state index in [1.54, 1.807) is 0 Å². The summed E-state index contributed by atoms with van der Waals surface area (Å²) in [5.74, 6) is -0.906. The Morgan fingerprint density at radius 2 is 2.06 bits per heavy atom. The molecule has 1 heterocycles. The van der Waals surface area contributed by atoms with E-state index in [9.17, 15) is 23.9 Å². The molecule has 0 aromatic heterocycles. The Bertz CT molecular complexity index is 369. The van der Waals surface area contributed by atoms with Crippen LogP contribution in [0, 0.1) is 0 Å². The molecule has 0 aromatic rings. The van der Waals surface area contributed by atoms with Crippen LogP contribution in [-0.4, -0.2) is 43.8 Å². The van der Waals surface area contributed by atoms with Gasteiger partial charge in [0.1, 0.15) is 5.78 Å². The molecule has 0 saturated carbocycles. The van der Waals surface area contributed by atoms with Crippen molar-refractivity contribution in [3.8, 4) is 0 Å². The maximum absolute atomic E-state index is 11.9. The highest BCUT2D eigenvalue weighted by Gasteiger charge is 2.38. The number of carbonyl (C=O) groups excluding carboxylic acids is 2. The quantitative estimate of drug-likeness (QED) is 0.756. The topological polar surface area (TPSA) is 94.9 Å². The fourth-order valence-corrected chi connectivity index (χ4v) is 3.67. The van der Waals surface area contributed by atoms with Crippen molar-refractivity contribution in [1.82, 2.24) is 4.90 Å². The normalized spacial score (nSPS) is 20.8. The first-order valence-corrected chi connectivity index (χ1v) is 8.47. The van der Waals surface area contributed by atoms with Gasteiger partial charge in [-0.25, -0.2) is 0 Å². The van der Waals surface area contributed by atoms with Crippen molar-refractivity contribution in [1.29, 1.82) is 0 Å². The van der Waals surface area contributed by atoms with E-state index < -0.39 is 13.4 Å². The summed E-state index contributed by atoms with van der Waals surface area (Å²) in [4.78, 5) is 42.4. The first-order chi connectivity index (χ1) is 8.32. The lowest BCUT2D eigenvalue weighted by atomic mass is 10.1. The Labute approximate surface area is 110 Å². The number of hydrogen-bond donors (Lipinski definition) is 2. The molecule has 1 saturated heterocycles. The third kappa shape index (κ3) is 4.72. The monoisotopic (exact) mass is 295 g/mol. The van der Waals surface area contributed by atoms with Crippen LogP contribution in [0.4, 0.5) is 0 Å². The first kappa shape index (κ1) is 15.7. The second-order valence-corrected chi connectivity index (χ2v) is 7.29. The minimum atomic E-state index is -4.27. The average molecular weight is 295 g/mol. The number of nitrogens with zero attached hydrogens (tertiary/aromatic N) is 1. The molecule has 1 aliphatic heterocycles. The summed E-state index contributed by atoms with van der Waals surface area (Å²) in [5, 5.41) is -0.0621. The summed E-state index contributed by atoms with van der Waals surface area (Å²) in [5.41, 5.74) is 0. The molecule has 0 bridgehead atoms. The van der Waals surface area contributed by atoms with Crippen LogP contribution >= 0.6 is 19.4 Å². The van der Waals surface area contributed by atoms with Gasteiger partial charge in [0.05, 0.1) is 0 Å². The van der Waals surface area contributed by atoms with Crippen LogP contribution in [0.25, 0.3) is 0 Å². The van der Waals surface area contributed by atoms with Gasteiger partial charge < -0.3 is 14.7 Å². The van der Waals surface area contributed by atoms with Gasteiger partial charge in [0.25, 0.3) is 0 Å². The Kier molecular flexibility index (Phi) is 5.85. The summed E-state index contributed by atoms with van der Waals surface area (Å²) in [6.07, 6.45) is 1.97. The molecule has 1 rings (SSSR count). The van der Waals surface area contributed by atoms with E-state index in [-0.39, 0.29) is 17.4 Å². The molecule has 8 heteroatoms. The van der Waals surface area contributed by atoms with Crippen molar-refractivity contribution in [2.45, 2.75) is 38.4 Å². The van der Waals surface area contributed by atoms with Crippen molar-refractivity contribution < 1.29 is 23.9 Å². The van der Waals surface area contributed by atoms with Crippen LogP contribution in [-0.2, 0) is 14.2 Å². The second kappa shape index (κ2) is 6.70. The molecular weight excluding hydrogens is 277 g/mol. The number of hydrogen-bond acceptors (Lipinski definition) is 4. The molecule has 0 aromatic carbocycles. The molecule has 1 fully saturated rings. The highest BCUT2D eigenvalue weighted by molar-refractivity contribution is 8.13. The Morgan fingerprint density at radius 1 is 1.39 bits per heavy atom. The summed E-state index contributed by atoms with van der Waals surface area (Å²) < 4.78 is 11.3. The lowest BCUT2D eigenvalue weighted by Gasteiger charge is -2.35. The summed E-state index contributed by atoms with van der Waals surface area (Å²) >= 11 is 1.05. The minimum Gasteiger partial charge on any atom is -0.328 e. The van der Waals surface area contributed by atoms with Crippen LogP contribution in [0.2, 0.25) is 0 Å². The molecule has 1 unspecified atom stereocenters. The van der Waals surface area contributed by atoms with Crippen molar-refractivity contribution in [2.24, 2.45) is 0 Å². The van der Waals surface area contributed by atoms with E-state index in [2.05, 4.69) is 0 Å². The van der Waals surface area contributed by atoms with E-state index in [4.69, 9.17) is 0 Å². The van der Waals surface area contributed by atoms with Crippen molar-refractivity contribution >= 4 is 30.4 Å². The predicted molar refractivity (Wildman–Crippen MR) is 69.2 cm³/mol. The highest BCUT2D eigenvalue weighted by atomic mass is 32.2. The third-order valence-corrected chi connectivity index (χ3v) is 4.93. The van der Waals surface area contributed by atoms with Crippen LogP contribution < -0.4 is 0 Å². The molecule has 6 nitrogen and oxygen atoms in total. The zero-order chi connectivity index (χ0) is 13.8. The molecule has 0 aliphatic carbocycles. The zero-order valence-electron chi connectivity index (χ0n) is 10.2. The van der Waals surface area contributed by atoms with E-state index in [1.807, 2.05) is 0 Å². The first-order valence-electron chi connectivity index (χ1n) is 5.80. The van der Waals surface area contributed by atoms with Gasteiger partial charge in [-0.1, -0.05) is 11.8 Å². The SMILES string of the molecule is CC(=O)SCCC(=O)N1CCCCC1P(=O)(O)O. The van der Waals surface area contributed by atoms with Crippen molar-refractivity contribution in [3.05, 3.63) is 0 Å². The van der Waals surface area contributed by atoms with Crippen LogP contribution in [0.15, 0.2) is 0 Å². The molecule has 0 spiro atoms. The van der Waals surface area contributed by atoms with Crippen LogP contribution in [0.1, 0.15) is 32.6 Å². The van der Waals surface area contributed by atoms with Gasteiger partial charge in [-0.3, -0.25) is 14.2 Å². The molecule has 18 heavy (non-hydrogen) atoms. The predicted octanol–water partition coefficient (Wildman–Crippen LogP) is 1.17. The number of piperidine rings is 1. The Hall–Kier alpha value is -0.360. The third-order valence-electron chi connectivity index (χ3n) is 2.80. The molecule has 2 N–H and O–H groups in total. The highest BCUT2D eigenvalue weighted by Crippen LogP contribution is 2.47. The van der Waals surface area contributed by atoms with Crippen molar-refractivity contribution in [2.75, 3.05) is 12.3 Å². The second-order valence-electron chi connectivity index (χ2n) is 4.24. The number of thioether (sulfide) groups is 1. The lowest BCUT2D eigenvalue weighted by Crippen LogP contribution is -2.43. The van der Waals surface area contributed by atoms with Gasteiger partial charge in [-0.15, -0.1) is 0 Å². The lowest BCUT2D eigenvalue weighted by molar-refractivity contribution is -0.133. The summed E-state index contributed by atoms with van der Waals surface area (Å²) in [7, 11) is -4.27. The molecule has 0 radical (unpaired) electrons. The molecule has 104 valence electrons. The van der Waals surface area contributed by atoms with Gasteiger partial charge in [-0.05, 0) is 19.3 Å². The smallest absolute Gasteiger partial charge is 0.328 e. The van der Waals surface area contributed by atoms with Gasteiger partial charge in [0.15, 0.2) is 5.12 Å². The fourth-order valence-electron chi connectivity index (χ4n) is 1.98. The van der Waals surface area contributed by atoms with E-state index >= 15 is 0 Å². The molecular formula is C10H18NO5PS. The van der Waals surface area contributed by atoms with E-state index in [0.717, 1.165) is 24.6 Å². The fraction of sp³-hybridized carbons (Fsp3) is 0.800. The maximum Gasteiger partial charge on any atom is 0.347 e. The van der Waals surface area contributed by atoms with Gasteiger partial charge in [0, 0.05) is 25.6 Å². The van der Waals surface area contributed by atoms with Gasteiger partial charge >= 0.3 is 7.60 Å². The largest absolute Gasteiger partial charge is 0.347 e. The summed E-state index contributed by atoms with van der Waals surface area (Å²) in [6.45, 7) is 1.81. The number of amides is 1. The summed E-state index contributed by atoms with van der Waals surface area (Å²) in [6, 6.07) is 0. The number of likely N-dealkylation sites (tertiary alicyclic amines) is 1. The number of carbonyl (C=O) groups is 2. The van der Waals surface area contributed by atoms with Crippen LogP contribution in [0.3, 0.4) is 0 Å². The van der Waals surface area contributed by atoms with E-state index in [1.165, 1.54) is 11.8 Å². The molecule has 1 amide bonds. The zero-order valence-corrected chi connectivity index (χ0v) is 12.0. The van der Waals surface area contributed by atoms with Crippen LogP contribution in [0.5, 0.6) is 0 Å². The van der Waals surface area contributed by atoms with E-state index in [0.29, 0.717) is 18.7 Å². The minimum absolute atomic E-state index is 0.0621. The Balaban J connectivity index is 2.58. The van der Waals surface area contributed by atoms with Crippen molar-refractivity contribution in [3.63, 3.8) is 0 Å².